The van der Waals surface area contributed by atoms with Crippen LogP contribution in [-0.4, -0.2) is 0 Å². The van der Waals surface area contributed by atoms with Gasteiger partial charge in [0.1, 0.15) is 0 Å². The van der Waals surface area contributed by atoms with Gasteiger partial charge in [-0.3, -0.25) is 0 Å². The topological polar surface area (TPSA) is 0 Å². The molecule has 4 heavy (non-hydrogen) atoms. The Hall–Kier alpha value is 1.10. The molecular weight excluding hydrogens is 125 g/mol. The first-order valence-electron chi connectivity index (χ1n) is 0.707. The molecule has 0 unspecified atom stereocenters. The third-order valence-electron chi connectivity index (χ3n) is 0. The first kappa shape index (κ1) is 19.4. The predicted octanol–water partition coefficient (Wildman–Crippen LogP) is 1.47. The van der Waals surface area contributed by atoms with Crippen molar-refractivity contribution in [1.29, 1.82) is 0 Å². The van der Waals surface area contributed by atoms with E-state index in [0.29, 0.717) is 0 Å². The molecule has 0 fully saturated rings. The molecule has 0 rings (SSSR count). The van der Waals surface area contributed by atoms with Crippen molar-refractivity contribution in [3.63, 3.8) is 0 Å². The molecule has 1 radical (unpaired) electrons. The van der Waals surface area contributed by atoms with E-state index < -0.39 is 0 Å². The van der Waals surface area contributed by atoms with E-state index in [1.807, 2.05) is 0 Å². The van der Waals surface area contributed by atoms with Gasteiger partial charge in [-0.25, -0.2) is 0 Å². The zero-order valence-corrected chi connectivity index (χ0v) is 5.12. The van der Waals surface area contributed by atoms with Crippen LogP contribution in [0.3, 0.4) is 0 Å². The molecule has 25 valence electrons. The normalized spacial score (nSPS) is 1.50. The Bertz CT molecular complexity index is 3.25. The van der Waals surface area contributed by atoms with Crippen molar-refractivity contribution >= 4 is 0 Å². The fourth-order valence-electron chi connectivity index (χ4n) is 0. The van der Waals surface area contributed by atoms with E-state index in [1.165, 1.54) is 0 Å². The zero-order valence-electron chi connectivity index (χ0n) is 2.28. The van der Waals surface area contributed by atoms with E-state index in [0.717, 1.165) is 0 Å². The number of hydrogen-bond acceptors (Lipinski definition) is 0. The molecule has 0 aromatic rings. The smallest absolute Gasteiger partial charge is 0 e. The SMILES string of the molecule is C.[CH2-]C.[Y]. The molecule has 0 aliphatic rings. The van der Waals surface area contributed by atoms with E-state index in [9.17, 15) is 0 Å². The Morgan fingerprint density at radius 2 is 1.25 bits per heavy atom. The summed E-state index contributed by atoms with van der Waals surface area (Å²) in [7, 11) is 0. The van der Waals surface area contributed by atoms with E-state index in [4.69, 9.17) is 0 Å². The van der Waals surface area contributed by atoms with Crippen LogP contribution in [0.4, 0.5) is 0 Å². The third-order valence-corrected chi connectivity index (χ3v) is 0. The molecule has 0 nitrogen and oxygen atoms in total. The predicted molar refractivity (Wildman–Crippen MR) is 17.8 cm³/mol. The molecule has 0 heterocycles. The van der Waals surface area contributed by atoms with Gasteiger partial charge >= 0.3 is 0 Å². The average Bonchev–Trinajstić information content (AvgIpc) is 1.00. The molecular formula is C3H9Y-. The molecule has 0 aromatic carbocycles. The summed E-state index contributed by atoms with van der Waals surface area (Å²) < 4.78 is 0. The van der Waals surface area contributed by atoms with Crippen molar-refractivity contribution in [2.75, 3.05) is 0 Å². The van der Waals surface area contributed by atoms with Gasteiger partial charge in [0.05, 0.1) is 0 Å². The summed E-state index contributed by atoms with van der Waals surface area (Å²) in [6.45, 7) is 5.00. The van der Waals surface area contributed by atoms with Gasteiger partial charge in [-0.05, 0) is 0 Å². The Balaban J connectivity index is -0.00000000500. The molecule has 1 heteroatoms. The maximum absolute atomic E-state index is 3.25. The quantitative estimate of drug-likeness (QED) is 0.440. The first-order chi connectivity index (χ1) is 1.00. The van der Waals surface area contributed by atoms with Crippen molar-refractivity contribution in [3.8, 4) is 0 Å². The molecule has 0 spiro atoms. The second-order valence-corrected chi connectivity index (χ2v) is 0. The Morgan fingerprint density at radius 3 is 1.25 bits per heavy atom. The second-order valence-electron chi connectivity index (χ2n) is 0. The van der Waals surface area contributed by atoms with Crippen LogP contribution in [0.5, 0.6) is 0 Å². The van der Waals surface area contributed by atoms with Crippen LogP contribution in [0.15, 0.2) is 0 Å². The standard InChI is InChI=1S/C2H5.CH4.Y/c1-2;;/h1H2,2H3;1H4;/q-1;;. The second kappa shape index (κ2) is 32.4. The minimum absolute atomic E-state index is 0. The van der Waals surface area contributed by atoms with E-state index in [1.54, 1.807) is 6.92 Å². The Labute approximate surface area is 53.9 Å². The summed E-state index contributed by atoms with van der Waals surface area (Å²) in [5.41, 5.74) is 0. The summed E-state index contributed by atoms with van der Waals surface area (Å²) in [4.78, 5) is 0. The molecule has 0 saturated carbocycles. The molecule has 0 aliphatic heterocycles. The van der Waals surface area contributed by atoms with Gasteiger partial charge in [0.25, 0.3) is 0 Å². The van der Waals surface area contributed by atoms with Crippen LogP contribution in [-0.2, 0) is 32.7 Å². The van der Waals surface area contributed by atoms with Crippen molar-refractivity contribution in [3.05, 3.63) is 6.92 Å². The largest absolute Gasteiger partial charge is 0.346 e. The molecule has 0 amide bonds. The van der Waals surface area contributed by atoms with Gasteiger partial charge < -0.3 is 6.92 Å². The van der Waals surface area contributed by atoms with Crippen LogP contribution in [0.2, 0.25) is 0 Å². The van der Waals surface area contributed by atoms with E-state index in [2.05, 4.69) is 6.92 Å². The minimum atomic E-state index is 0. The van der Waals surface area contributed by atoms with Gasteiger partial charge in [0, 0.05) is 32.7 Å². The van der Waals surface area contributed by atoms with Crippen LogP contribution in [0.25, 0.3) is 0 Å². The monoisotopic (exact) mass is 134 g/mol. The van der Waals surface area contributed by atoms with Gasteiger partial charge in [-0.2, -0.15) is 6.92 Å². The molecule has 0 saturated heterocycles. The molecule has 0 aliphatic carbocycles. The van der Waals surface area contributed by atoms with Crippen molar-refractivity contribution in [2.45, 2.75) is 14.4 Å². The molecule has 0 N–H and O–H groups in total. The third kappa shape index (κ3) is 11.3. The maximum Gasteiger partial charge on any atom is 0 e. The van der Waals surface area contributed by atoms with Crippen LogP contribution >= 0.6 is 0 Å². The molecule has 0 bridgehead atoms. The number of rotatable bonds is 0. The van der Waals surface area contributed by atoms with E-state index in [-0.39, 0.29) is 40.1 Å². The number of hydrogen-bond donors (Lipinski definition) is 0. The average molecular weight is 134 g/mol. The van der Waals surface area contributed by atoms with Crippen molar-refractivity contribution in [2.24, 2.45) is 0 Å². The maximum atomic E-state index is 3.25. The van der Waals surface area contributed by atoms with Gasteiger partial charge in [-0.15, -0.1) is 0 Å². The Morgan fingerprint density at radius 1 is 1.25 bits per heavy atom. The minimum Gasteiger partial charge on any atom is -0.346 e. The first-order valence-corrected chi connectivity index (χ1v) is 0.707. The van der Waals surface area contributed by atoms with Gasteiger partial charge in [-0.1, -0.05) is 7.43 Å². The molecule has 0 aromatic heterocycles. The summed E-state index contributed by atoms with van der Waals surface area (Å²) >= 11 is 0. The molecule has 0 atom stereocenters. The van der Waals surface area contributed by atoms with Crippen LogP contribution < -0.4 is 0 Å². The summed E-state index contributed by atoms with van der Waals surface area (Å²) in [5.74, 6) is 0. The summed E-state index contributed by atoms with van der Waals surface area (Å²) in [5, 5.41) is 0. The van der Waals surface area contributed by atoms with Crippen LogP contribution in [0, 0.1) is 6.92 Å². The van der Waals surface area contributed by atoms with Crippen molar-refractivity contribution < 1.29 is 32.7 Å². The fourth-order valence-corrected chi connectivity index (χ4v) is 0. The van der Waals surface area contributed by atoms with Gasteiger partial charge in [0.15, 0.2) is 0 Å². The van der Waals surface area contributed by atoms with Gasteiger partial charge in [0.2, 0.25) is 0 Å². The Kier molecular flexibility index (Phi) is 158. The summed E-state index contributed by atoms with van der Waals surface area (Å²) in [6, 6.07) is 0. The van der Waals surface area contributed by atoms with Crippen LogP contribution in [0.1, 0.15) is 14.4 Å². The van der Waals surface area contributed by atoms with E-state index >= 15 is 0 Å². The fraction of sp³-hybridized carbons (Fsp3) is 0.667. The zero-order chi connectivity index (χ0) is 2.00. The van der Waals surface area contributed by atoms with Crippen molar-refractivity contribution in [1.82, 2.24) is 0 Å². The summed E-state index contributed by atoms with van der Waals surface area (Å²) in [6.07, 6.45) is 0.